The number of hydrogen-bond acceptors (Lipinski definition) is 4. The summed E-state index contributed by atoms with van der Waals surface area (Å²) >= 11 is 0. The molecule has 0 aliphatic rings. The number of fused-ring (bicyclic) bond motifs is 3. The van der Waals surface area contributed by atoms with Crippen LogP contribution in [0.25, 0.3) is 66.8 Å². The summed E-state index contributed by atoms with van der Waals surface area (Å²) in [4.78, 5) is 13.7. The number of nitrogens with zero attached hydrogens (tertiary/aromatic N) is 3. The third-order valence-electron chi connectivity index (χ3n) is 10.8. The average Bonchev–Trinajstić information content (AvgIpc) is 3.66. The van der Waals surface area contributed by atoms with Crippen LogP contribution in [0.15, 0.2) is 181 Å². The van der Waals surface area contributed by atoms with E-state index in [1.54, 1.807) is 0 Å². The van der Waals surface area contributed by atoms with E-state index in [1.807, 2.05) is 48.8 Å². The Morgan fingerprint density at radius 1 is 0.524 bits per heavy atom. The van der Waals surface area contributed by atoms with Crippen molar-refractivity contribution >= 4 is 35.2 Å². The summed E-state index contributed by atoms with van der Waals surface area (Å²) in [5, 5.41) is 3.79. The van der Waals surface area contributed by atoms with Crippen LogP contribution in [0.3, 0.4) is 0 Å². The quantitative estimate of drug-likeness (QED) is 0.135. The Labute approximate surface area is 389 Å². The SMILES string of the molecule is CC(C)Cc1cc(-c2ccccc2)ncc1[Si](C)(C)C.CC(C)Cc1ccnc(-c2ccccc2)c1.Cc1ccnc(-c2cccc3c2oc2cccc(-c4ccccc4)c23)c1.[Ir]. The molecular formula is C57H59IrN3OSi. The molecule has 5 aromatic carbocycles. The standard InChI is InChI=1S/C24H17NO.C18H25NSi.C15H17N.Ir/c1-16-13-14-25-21(15-16)19-10-5-11-20-23-18(17-7-3-2-4-8-17)9-6-12-22(23)26-24(19)20;1-14(2)11-16-12-17(15-9-7-6-8-10-15)19-13-18(16)20(3,4)5;1-12(2)10-13-8-9-16-15(11-13)14-6-4-3-5-7-14;/h2-15H,1H3;6-10,12-14H,11H2,1-5H3;3-9,11-12H,10H2,1-2H3;. The molecular weight excluding hydrogens is 963 g/mol. The summed E-state index contributed by atoms with van der Waals surface area (Å²) in [5.41, 5.74) is 14.8. The first-order chi connectivity index (χ1) is 29.9. The number of rotatable bonds is 9. The molecule has 0 unspecified atom stereocenters. The molecule has 63 heavy (non-hydrogen) atoms. The Morgan fingerprint density at radius 3 is 1.68 bits per heavy atom. The van der Waals surface area contributed by atoms with Crippen molar-refractivity contribution in [1.29, 1.82) is 0 Å². The van der Waals surface area contributed by atoms with E-state index in [1.165, 1.54) is 44.1 Å². The van der Waals surface area contributed by atoms with Crippen molar-refractivity contribution in [3.8, 4) is 44.9 Å². The van der Waals surface area contributed by atoms with E-state index in [4.69, 9.17) is 9.40 Å². The monoisotopic (exact) mass is 1020 g/mol. The summed E-state index contributed by atoms with van der Waals surface area (Å²) in [7, 11) is -1.33. The van der Waals surface area contributed by atoms with Crippen molar-refractivity contribution < 1.29 is 24.5 Å². The van der Waals surface area contributed by atoms with Crippen molar-refractivity contribution in [2.75, 3.05) is 0 Å². The molecule has 9 aromatic rings. The zero-order chi connectivity index (χ0) is 43.6. The Kier molecular flexibility index (Phi) is 16.0. The molecule has 0 bridgehead atoms. The zero-order valence-electron chi connectivity index (χ0n) is 37.9. The molecule has 0 amide bonds. The van der Waals surface area contributed by atoms with Crippen molar-refractivity contribution in [1.82, 2.24) is 15.0 Å². The number of hydrogen-bond donors (Lipinski definition) is 0. The van der Waals surface area contributed by atoms with Gasteiger partial charge in [-0.05, 0) is 107 Å². The van der Waals surface area contributed by atoms with Crippen LogP contribution in [-0.2, 0) is 32.9 Å². The van der Waals surface area contributed by atoms with Crippen molar-refractivity contribution in [2.24, 2.45) is 11.8 Å². The number of pyridine rings is 3. The van der Waals surface area contributed by atoms with E-state index in [9.17, 15) is 0 Å². The second kappa shape index (κ2) is 21.5. The second-order valence-electron chi connectivity index (χ2n) is 18.0. The summed E-state index contributed by atoms with van der Waals surface area (Å²) in [6.45, 7) is 18.3. The molecule has 1 radical (unpaired) electrons. The third-order valence-corrected chi connectivity index (χ3v) is 12.9. The van der Waals surface area contributed by atoms with Crippen LogP contribution in [0, 0.1) is 18.8 Å². The molecule has 4 aromatic heterocycles. The molecule has 4 heterocycles. The minimum Gasteiger partial charge on any atom is -0.455 e. The first kappa shape index (κ1) is 46.7. The van der Waals surface area contributed by atoms with Gasteiger partial charge in [-0.15, -0.1) is 0 Å². The van der Waals surface area contributed by atoms with Gasteiger partial charge in [0.05, 0.1) is 25.2 Å². The normalized spacial score (nSPS) is 11.1. The molecule has 0 N–H and O–H groups in total. The van der Waals surface area contributed by atoms with E-state index in [2.05, 4.69) is 192 Å². The van der Waals surface area contributed by atoms with Gasteiger partial charge in [0.15, 0.2) is 0 Å². The Balaban J connectivity index is 0.000000161. The molecule has 321 valence electrons. The van der Waals surface area contributed by atoms with Gasteiger partial charge in [0.25, 0.3) is 0 Å². The maximum Gasteiger partial charge on any atom is 0.144 e. The largest absolute Gasteiger partial charge is 0.455 e. The van der Waals surface area contributed by atoms with Crippen LogP contribution in [0.1, 0.15) is 44.4 Å². The van der Waals surface area contributed by atoms with Gasteiger partial charge >= 0.3 is 0 Å². The summed E-state index contributed by atoms with van der Waals surface area (Å²) in [6, 6.07) is 54.5. The number of aryl methyl sites for hydroxylation is 1. The molecule has 4 nitrogen and oxygen atoms in total. The average molecular weight is 1020 g/mol. The number of furan rings is 1. The first-order valence-corrected chi connectivity index (χ1v) is 25.4. The van der Waals surface area contributed by atoms with E-state index in [0.717, 1.165) is 57.4 Å². The van der Waals surface area contributed by atoms with Crippen LogP contribution in [0.2, 0.25) is 19.6 Å². The topological polar surface area (TPSA) is 51.8 Å². The van der Waals surface area contributed by atoms with E-state index < -0.39 is 8.07 Å². The molecule has 6 heteroatoms. The van der Waals surface area contributed by atoms with Gasteiger partial charge in [-0.3, -0.25) is 15.0 Å². The van der Waals surface area contributed by atoms with Crippen molar-refractivity contribution in [2.45, 2.75) is 67.1 Å². The van der Waals surface area contributed by atoms with Gasteiger partial charge in [0.1, 0.15) is 11.2 Å². The fourth-order valence-electron chi connectivity index (χ4n) is 7.98. The smallest absolute Gasteiger partial charge is 0.144 e. The van der Waals surface area contributed by atoms with E-state index >= 15 is 0 Å². The van der Waals surface area contributed by atoms with E-state index in [0.29, 0.717) is 11.8 Å². The van der Waals surface area contributed by atoms with Gasteiger partial charge in [-0.25, -0.2) is 0 Å². The predicted molar refractivity (Wildman–Crippen MR) is 267 cm³/mol. The van der Waals surface area contributed by atoms with Crippen LogP contribution >= 0.6 is 0 Å². The van der Waals surface area contributed by atoms with Crippen molar-refractivity contribution in [3.05, 3.63) is 193 Å². The number of aromatic nitrogens is 3. The van der Waals surface area contributed by atoms with E-state index in [-0.39, 0.29) is 20.1 Å². The summed E-state index contributed by atoms with van der Waals surface area (Å²) < 4.78 is 6.30. The van der Waals surface area contributed by atoms with Gasteiger partial charge in [-0.2, -0.15) is 0 Å². The summed E-state index contributed by atoms with van der Waals surface area (Å²) in [6.07, 6.45) is 8.14. The maximum atomic E-state index is 6.30. The second-order valence-corrected chi connectivity index (χ2v) is 23.0. The van der Waals surface area contributed by atoms with Crippen LogP contribution in [0.5, 0.6) is 0 Å². The predicted octanol–water partition coefficient (Wildman–Crippen LogP) is 15.1. The number of benzene rings is 5. The summed E-state index contributed by atoms with van der Waals surface area (Å²) in [5.74, 6) is 1.36. The van der Waals surface area contributed by atoms with Crippen LogP contribution in [0.4, 0.5) is 0 Å². The van der Waals surface area contributed by atoms with Crippen molar-refractivity contribution in [3.63, 3.8) is 0 Å². The molecule has 0 atom stereocenters. The minimum atomic E-state index is -1.33. The Morgan fingerprint density at radius 2 is 1.08 bits per heavy atom. The Hall–Kier alpha value is -5.78. The van der Waals surface area contributed by atoms with Crippen LogP contribution in [-0.4, -0.2) is 23.0 Å². The molecule has 9 rings (SSSR count). The molecule has 0 saturated heterocycles. The van der Waals surface area contributed by atoms with Gasteiger partial charge in [-0.1, -0.05) is 163 Å². The van der Waals surface area contributed by atoms with Gasteiger partial charge in [0.2, 0.25) is 0 Å². The molecule has 0 aliphatic carbocycles. The molecule has 0 fully saturated rings. The van der Waals surface area contributed by atoms with Crippen LogP contribution < -0.4 is 5.19 Å². The fraction of sp³-hybridized carbons (Fsp3) is 0.211. The number of para-hydroxylation sites is 1. The third kappa shape index (κ3) is 12.0. The Bertz CT molecular complexity index is 2850. The minimum absolute atomic E-state index is 0. The van der Waals surface area contributed by atoms with Gasteiger partial charge in [0, 0.05) is 66.2 Å². The maximum absolute atomic E-state index is 6.30. The molecule has 0 aliphatic heterocycles. The van der Waals surface area contributed by atoms with Gasteiger partial charge < -0.3 is 4.42 Å². The molecule has 0 saturated carbocycles. The fourth-order valence-corrected chi connectivity index (χ4v) is 9.57. The molecule has 0 spiro atoms. The first-order valence-electron chi connectivity index (χ1n) is 21.9. The zero-order valence-corrected chi connectivity index (χ0v) is 41.3.